The van der Waals surface area contributed by atoms with E-state index in [-0.39, 0.29) is 17.7 Å². The Hall–Kier alpha value is -1.39. The first kappa shape index (κ1) is 14.5. The summed E-state index contributed by atoms with van der Waals surface area (Å²) in [6.45, 7) is 0.316. The summed E-state index contributed by atoms with van der Waals surface area (Å²) < 4.78 is 0. The van der Waals surface area contributed by atoms with Crippen LogP contribution in [0, 0.1) is 17.3 Å². The van der Waals surface area contributed by atoms with E-state index in [4.69, 9.17) is 0 Å². The highest BCUT2D eigenvalue weighted by Gasteiger charge is 2.52. The third-order valence-electron chi connectivity index (χ3n) is 5.69. The van der Waals surface area contributed by atoms with E-state index < -0.39 is 17.3 Å². The lowest BCUT2D eigenvalue weighted by atomic mass is 9.73. The predicted octanol–water partition coefficient (Wildman–Crippen LogP) is 2.20. The van der Waals surface area contributed by atoms with E-state index in [9.17, 15) is 19.5 Å². The predicted molar refractivity (Wildman–Crippen MR) is 75.3 cm³/mol. The van der Waals surface area contributed by atoms with Crippen molar-refractivity contribution < 1.29 is 19.5 Å². The second-order valence-corrected chi connectivity index (χ2v) is 6.96. The molecule has 2 amide bonds. The molecule has 0 bridgehead atoms. The first-order valence-corrected chi connectivity index (χ1v) is 8.11. The third kappa shape index (κ3) is 2.47. The van der Waals surface area contributed by atoms with Crippen LogP contribution in [0.1, 0.15) is 57.8 Å². The topological polar surface area (TPSA) is 74.7 Å². The summed E-state index contributed by atoms with van der Waals surface area (Å²) in [5.74, 6) is -1.35. The molecule has 1 aliphatic heterocycles. The van der Waals surface area contributed by atoms with E-state index in [0.717, 1.165) is 44.9 Å². The van der Waals surface area contributed by atoms with Crippen LogP contribution in [-0.2, 0) is 14.4 Å². The highest BCUT2D eigenvalue weighted by Crippen LogP contribution is 2.46. The molecule has 1 saturated heterocycles. The van der Waals surface area contributed by atoms with Crippen LogP contribution < -0.4 is 0 Å². The quantitative estimate of drug-likeness (QED) is 0.809. The van der Waals surface area contributed by atoms with Crippen LogP contribution in [0.25, 0.3) is 0 Å². The number of hydrogen-bond acceptors (Lipinski definition) is 3. The SMILES string of the molecule is O=C(O)C1CCCC1CN1C(=O)CC2(CCCCC2)C1=O. The van der Waals surface area contributed by atoms with Gasteiger partial charge in [0, 0.05) is 13.0 Å². The Bertz CT molecular complexity index is 467. The molecule has 2 atom stereocenters. The number of amides is 2. The van der Waals surface area contributed by atoms with Crippen LogP contribution >= 0.6 is 0 Å². The Morgan fingerprint density at radius 2 is 1.86 bits per heavy atom. The maximum atomic E-state index is 12.7. The molecular weight excluding hydrogens is 270 g/mol. The summed E-state index contributed by atoms with van der Waals surface area (Å²) >= 11 is 0. The molecule has 0 aromatic heterocycles. The lowest BCUT2D eigenvalue weighted by Crippen LogP contribution is -2.40. The second kappa shape index (κ2) is 5.43. The number of nitrogens with zero attached hydrogens (tertiary/aromatic N) is 1. The largest absolute Gasteiger partial charge is 0.481 e. The van der Waals surface area contributed by atoms with Crippen LogP contribution in [0.4, 0.5) is 0 Å². The third-order valence-corrected chi connectivity index (χ3v) is 5.69. The maximum absolute atomic E-state index is 12.7. The van der Waals surface area contributed by atoms with Gasteiger partial charge in [-0.3, -0.25) is 19.3 Å². The monoisotopic (exact) mass is 293 g/mol. The van der Waals surface area contributed by atoms with Crippen molar-refractivity contribution in [3.05, 3.63) is 0 Å². The minimum atomic E-state index is -0.788. The van der Waals surface area contributed by atoms with Gasteiger partial charge in [-0.25, -0.2) is 0 Å². The Kier molecular flexibility index (Phi) is 3.76. The van der Waals surface area contributed by atoms with E-state index in [1.165, 1.54) is 4.90 Å². The van der Waals surface area contributed by atoms with Gasteiger partial charge < -0.3 is 5.11 Å². The Balaban J connectivity index is 1.72. The number of carboxylic acids is 1. The van der Waals surface area contributed by atoms with Crippen LogP contribution in [-0.4, -0.2) is 34.3 Å². The van der Waals surface area contributed by atoms with Crippen LogP contribution in [0.3, 0.4) is 0 Å². The molecule has 0 aromatic carbocycles. The van der Waals surface area contributed by atoms with Crippen molar-refractivity contribution in [3.63, 3.8) is 0 Å². The van der Waals surface area contributed by atoms with E-state index in [2.05, 4.69) is 0 Å². The number of aliphatic carboxylic acids is 1. The van der Waals surface area contributed by atoms with Crippen molar-refractivity contribution >= 4 is 17.8 Å². The van der Waals surface area contributed by atoms with Gasteiger partial charge in [-0.05, 0) is 31.6 Å². The second-order valence-electron chi connectivity index (χ2n) is 6.96. The van der Waals surface area contributed by atoms with Gasteiger partial charge in [0.1, 0.15) is 0 Å². The van der Waals surface area contributed by atoms with E-state index in [1.54, 1.807) is 0 Å². The average molecular weight is 293 g/mol. The summed E-state index contributed by atoms with van der Waals surface area (Å²) in [5.41, 5.74) is -0.452. The Labute approximate surface area is 124 Å². The lowest BCUT2D eigenvalue weighted by Gasteiger charge is -2.31. The molecule has 2 saturated carbocycles. The molecule has 0 radical (unpaired) electrons. The molecule has 1 heterocycles. The average Bonchev–Trinajstić information content (AvgIpc) is 3.00. The number of carbonyl (C=O) groups excluding carboxylic acids is 2. The zero-order valence-electron chi connectivity index (χ0n) is 12.3. The van der Waals surface area contributed by atoms with E-state index in [0.29, 0.717) is 19.4 Å². The van der Waals surface area contributed by atoms with Gasteiger partial charge in [0.15, 0.2) is 0 Å². The smallest absolute Gasteiger partial charge is 0.306 e. The van der Waals surface area contributed by atoms with Gasteiger partial charge in [0.2, 0.25) is 11.8 Å². The number of likely N-dealkylation sites (tertiary alicyclic amines) is 1. The number of hydrogen-bond donors (Lipinski definition) is 1. The highest BCUT2D eigenvalue weighted by atomic mass is 16.4. The van der Waals surface area contributed by atoms with Crippen molar-refractivity contribution in [2.75, 3.05) is 6.54 Å². The molecule has 2 unspecified atom stereocenters. The number of carbonyl (C=O) groups is 3. The molecule has 1 N–H and O–H groups in total. The van der Waals surface area contributed by atoms with Gasteiger partial charge in [0.05, 0.1) is 11.3 Å². The first-order chi connectivity index (χ1) is 10.0. The Morgan fingerprint density at radius 1 is 1.14 bits per heavy atom. The fourth-order valence-electron chi connectivity index (χ4n) is 4.48. The van der Waals surface area contributed by atoms with Crippen molar-refractivity contribution in [1.82, 2.24) is 4.90 Å². The first-order valence-electron chi connectivity index (χ1n) is 8.11. The number of rotatable bonds is 3. The van der Waals surface area contributed by atoms with Gasteiger partial charge in [0.25, 0.3) is 0 Å². The normalized spacial score (nSPS) is 32.1. The summed E-state index contributed by atoms with van der Waals surface area (Å²) in [6.07, 6.45) is 7.53. The van der Waals surface area contributed by atoms with Crippen LogP contribution in [0.2, 0.25) is 0 Å². The number of imide groups is 1. The van der Waals surface area contributed by atoms with Crippen molar-refractivity contribution in [2.24, 2.45) is 17.3 Å². The summed E-state index contributed by atoms with van der Waals surface area (Å²) in [5, 5.41) is 9.24. The van der Waals surface area contributed by atoms with Gasteiger partial charge >= 0.3 is 5.97 Å². The molecule has 1 spiro atoms. The minimum Gasteiger partial charge on any atom is -0.481 e. The molecule has 3 rings (SSSR count). The molecule has 0 aromatic rings. The van der Waals surface area contributed by atoms with Gasteiger partial charge in [-0.15, -0.1) is 0 Å². The molecular formula is C16H23NO4. The Morgan fingerprint density at radius 3 is 2.52 bits per heavy atom. The van der Waals surface area contributed by atoms with Gasteiger partial charge in [-0.2, -0.15) is 0 Å². The zero-order valence-corrected chi connectivity index (χ0v) is 12.3. The molecule has 2 aliphatic carbocycles. The number of carboxylic acid groups (broad SMARTS) is 1. The molecule has 3 aliphatic rings. The lowest BCUT2D eigenvalue weighted by molar-refractivity contribution is -0.147. The van der Waals surface area contributed by atoms with Crippen molar-refractivity contribution in [2.45, 2.75) is 57.8 Å². The standard InChI is InChI=1S/C16H23NO4/c18-13-9-16(7-2-1-3-8-16)15(21)17(13)10-11-5-4-6-12(11)14(19)20/h11-12H,1-10H2,(H,19,20). The molecule has 3 fully saturated rings. The molecule has 21 heavy (non-hydrogen) atoms. The maximum Gasteiger partial charge on any atom is 0.306 e. The van der Waals surface area contributed by atoms with Crippen LogP contribution in [0.5, 0.6) is 0 Å². The van der Waals surface area contributed by atoms with E-state index >= 15 is 0 Å². The fraction of sp³-hybridized carbons (Fsp3) is 0.812. The summed E-state index contributed by atoms with van der Waals surface area (Å²) in [7, 11) is 0. The highest BCUT2D eigenvalue weighted by molar-refractivity contribution is 6.06. The van der Waals surface area contributed by atoms with E-state index in [1.807, 2.05) is 0 Å². The summed E-state index contributed by atoms with van der Waals surface area (Å²) in [4.78, 5) is 37.6. The fourth-order valence-corrected chi connectivity index (χ4v) is 4.48. The molecule has 116 valence electrons. The summed E-state index contributed by atoms with van der Waals surface area (Å²) in [6, 6.07) is 0. The molecule has 5 heteroatoms. The van der Waals surface area contributed by atoms with Crippen molar-refractivity contribution in [3.8, 4) is 0 Å². The minimum absolute atomic E-state index is 0.0248. The molecule has 5 nitrogen and oxygen atoms in total. The van der Waals surface area contributed by atoms with Crippen molar-refractivity contribution in [1.29, 1.82) is 0 Å². The van der Waals surface area contributed by atoms with Crippen LogP contribution in [0.15, 0.2) is 0 Å². The zero-order chi connectivity index (χ0) is 15.0. The van der Waals surface area contributed by atoms with Gasteiger partial charge in [-0.1, -0.05) is 25.7 Å².